The molecule has 1 aliphatic rings. The molecule has 0 atom stereocenters. The number of nitrogens with zero attached hydrogens (tertiary/aromatic N) is 1. The van der Waals surface area contributed by atoms with Gasteiger partial charge < -0.3 is 10.0 Å². The fourth-order valence-corrected chi connectivity index (χ4v) is 3.68. The van der Waals surface area contributed by atoms with Crippen LogP contribution in [0.15, 0.2) is 50.7 Å². The summed E-state index contributed by atoms with van der Waals surface area (Å²) in [5.74, 6) is 0.338. The molecule has 3 rings (SSSR count). The molecule has 4 heteroatoms. The maximum atomic E-state index is 9.91. The fraction of sp³-hybridized carbons (Fsp3) is 0.0769. The van der Waals surface area contributed by atoms with E-state index in [0.717, 1.165) is 25.6 Å². The standard InChI is InChI=1S/C13H10BrNOS/c1-15-9-6-5-8(14)7-12(9)17-13-10(15)3-2-4-11(13)16/h2-7,16H,1H3. The molecule has 2 nitrogen and oxygen atoms in total. The third kappa shape index (κ3) is 1.72. The van der Waals surface area contributed by atoms with Crippen molar-refractivity contribution >= 4 is 39.1 Å². The van der Waals surface area contributed by atoms with E-state index in [1.807, 2.05) is 25.2 Å². The van der Waals surface area contributed by atoms with Gasteiger partial charge in [0.2, 0.25) is 0 Å². The maximum Gasteiger partial charge on any atom is 0.131 e. The predicted molar refractivity (Wildman–Crippen MR) is 74.4 cm³/mol. The van der Waals surface area contributed by atoms with Crippen molar-refractivity contribution in [3.8, 4) is 5.75 Å². The molecule has 0 spiro atoms. The number of hydrogen-bond acceptors (Lipinski definition) is 3. The van der Waals surface area contributed by atoms with Crippen LogP contribution in [0.2, 0.25) is 0 Å². The molecule has 2 aromatic carbocycles. The summed E-state index contributed by atoms with van der Waals surface area (Å²) in [4.78, 5) is 4.17. The summed E-state index contributed by atoms with van der Waals surface area (Å²) in [6, 6.07) is 11.8. The van der Waals surface area contributed by atoms with E-state index in [1.165, 1.54) is 0 Å². The second-order valence-electron chi connectivity index (χ2n) is 3.90. The lowest BCUT2D eigenvalue weighted by Gasteiger charge is -2.29. The van der Waals surface area contributed by atoms with E-state index in [2.05, 4.69) is 33.0 Å². The first kappa shape index (κ1) is 11.0. The van der Waals surface area contributed by atoms with Gasteiger partial charge in [-0.3, -0.25) is 0 Å². The highest BCUT2D eigenvalue weighted by Crippen LogP contribution is 2.51. The average Bonchev–Trinajstić information content (AvgIpc) is 2.30. The van der Waals surface area contributed by atoms with Gasteiger partial charge in [-0.05, 0) is 30.3 Å². The van der Waals surface area contributed by atoms with Crippen LogP contribution in [0, 0.1) is 0 Å². The van der Waals surface area contributed by atoms with Crippen molar-refractivity contribution in [1.82, 2.24) is 0 Å². The Labute approximate surface area is 112 Å². The Kier molecular flexibility index (Phi) is 2.56. The molecule has 0 aliphatic carbocycles. The minimum atomic E-state index is 0.338. The second-order valence-corrected chi connectivity index (χ2v) is 5.87. The normalized spacial score (nSPS) is 13.2. The first-order valence-electron chi connectivity index (χ1n) is 5.20. The highest BCUT2D eigenvalue weighted by molar-refractivity contribution is 9.10. The van der Waals surface area contributed by atoms with E-state index in [9.17, 15) is 5.11 Å². The topological polar surface area (TPSA) is 23.5 Å². The zero-order valence-electron chi connectivity index (χ0n) is 9.14. The van der Waals surface area contributed by atoms with E-state index >= 15 is 0 Å². The Morgan fingerprint density at radius 2 is 2.00 bits per heavy atom. The van der Waals surface area contributed by atoms with Gasteiger partial charge in [0, 0.05) is 16.4 Å². The maximum absolute atomic E-state index is 9.91. The van der Waals surface area contributed by atoms with Gasteiger partial charge in [0.15, 0.2) is 0 Å². The van der Waals surface area contributed by atoms with Gasteiger partial charge in [-0.15, -0.1) is 0 Å². The van der Waals surface area contributed by atoms with Crippen molar-refractivity contribution in [2.75, 3.05) is 11.9 Å². The summed E-state index contributed by atoms with van der Waals surface area (Å²) in [6.07, 6.45) is 0. The smallest absolute Gasteiger partial charge is 0.131 e. The third-order valence-corrected chi connectivity index (χ3v) is 4.49. The van der Waals surface area contributed by atoms with Gasteiger partial charge >= 0.3 is 0 Å². The molecule has 0 bridgehead atoms. The van der Waals surface area contributed by atoms with Crippen LogP contribution >= 0.6 is 27.7 Å². The monoisotopic (exact) mass is 307 g/mol. The molecule has 1 aliphatic heterocycles. The fourth-order valence-electron chi connectivity index (χ4n) is 1.97. The van der Waals surface area contributed by atoms with Crippen molar-refractivity contribution in [3.63, 3.8) is 0 Å². The van der Waals surface area contributed by atoms with E-state index in [0.29, 0.717) is 5.75 Å². The van der Waals surface area contributed by atoms with Crippen LogP contribution < -0.4 is 4.90 Å². The highest BCUT2D eigenvalue weighted by Gasteiger charge is 2.22. The minimum Gasteiger partial charge on any atom is -0.507 e. The minimum absolute atomic E-state index is 0.338. The molecular formula is C13H10BrNOS. The summed E-state index contributed by atoms with van der Waals surface area (Å²) < 4.78 is 1.05. The second kappa shape index (κ2) is 3.96. The lowest BCUT2D eigenvalue weighted by molar-refractivity contribution is 0.462. The Bertz CT molecular complexity index is 600. The molecule has 0 amide bonds. The van der Waals surface area contributed by atoms with Gasteiger partial charge in [0.1, 0.15) is 5.75 Å². The molecule has 0 aromatic heterocycles. The summed E-state index contributed by atoms with van der Waals surface area (Å²) in [5, 5.41) is 9.91. The summed E-state index contributed by atoms with van der Waals surface area (Å²) in [5.41, 5.74) is 2.21. The van der Waals surface area contributed by atoms with Crippen LogP contribution in [0.3, 0.4) is 0 Å². The SMILES string of the molecule is CN1c2ccc(Br)cc2Sc2c(O)cccc21. The number of phenolic OH excluding ortho intramolecular Hbond substituents is 1. The number of aromatic hydroxyl groups is 1. The lowest BCUT2D eigenvalue weighted by Crippen LogP contribution is -2.14. The number of phenols is 1. The van der Waals surface area contributed by atoms with Crippen molar-refractivity contribution in [1.29, 1.82) is 0 Å². The summed E-state index contributed by atoms with van der Waals surface area (Å²) in [7, 11) is 2.02. The number of fused-ring (bicyclic) bond motifs is 2. The highest BCUT2D eigenvalue weighted by atomic mass is 79.9. The Balaban J connectivity index is 2.21. The molecule has 0 unspecified atom stereocenters. The Morgan fingerprint density at radius 3 is 2.82 bits per heavy atom. The number of benzene rings is 2. The number of halogens is 1. The first-order valence-corrected chi connectivity index (χ1v) is 6.81. The third-order valence-electron chi connectivity index (χ3n) is 2.83. The van der Waals surface area contributed by atoms with Crippen molar-refractivity contribution in [3.05, 3.63) is 40.9 Å². The molecule has 0 radical (unpaired) electrons. The Hall–Kier alpha value is -1.13. The van der Waals surface area contributed by atoms with Crippen molar-refractivity contribution < 1.29 is 5.11 Å². The molecule has 86 valence electrons. The van der Waals surface area contributed by atoms with Crippen LogP contribution in [0.25, 0.3) is 0 Å². The van der Waals surface area contributed by atoms with Gasteiger partial charge in [-0.25, -0.2) is 0 Å². The largest absolute Gasteiger partial charge is 0.507 e. The summed E-state index contributed by atoms with van der Waals surface area (Å²) >= 11 is 5.08. The van der Waals surface area contributed by atoms with Crippen LogP contribution in [0.4, 0.5) is 11.4 Å². The molecule has 1 N–H and O–H groups in total. The molecule has 0 saturated carbocycles. The average molecular weight is 308 g/mol. The zero-order valence-corrected chi connectivity index (χ0v) is 11.5. The molecule has 2 aromatic rings. The quantitative estimate of drug-likeness (QED) is 0.781. The van der Waals surface area contributed by atoms with Crippen LogP contribution in [-0.4, -0.2) is 12.2 Å². The summed E-state index contributed by atoms with van der Waals surface area (Å²) in [6.45, 7) is 0. The van der Waals surface area contributed by atoms with E-state index in [-0.39, 0.29) is 0 Å². The molecular weight excluding hydrogens is 298 g/mol. The molecule has 1 heterocycles. The van der Waals surface area contributed by atoms with Gasteiger partial charge in [-0.2, -0.15) is 0 Å². The first-order chi connectivity index (χ1) is 8.16. The number of anilines is 2. The molecule has 17 heavy (non-hydrogen) atoms. The molecule has 0 saturated heterocycles. The zero-order chi connectivity index (χ0) is 12.0. The van der Waals surface area contributed by atoms with E-state index < -0.39 is 0 Å². The van der Waals surface area contributed by atoms with Crippen LogP contribution in [0.1, 0.15) is 0 Å². The number of rotatable bonds is 0. The van der Waals surface area contributed by atoms with Gasteiger partial charge in [0.25, 0.3) is 0 Å². The van der Waals surface area contributed by atoms with Crippen LogP contribution in [0.5, 0.6) is 5.75 Å². The van der Waals surface area contributed by atoms with Gasteiger partial charge in [-0.1, -0.05) is 33.8 Å². The van der Waals surface area contributed by atoms with Crippen molar-refractivity contribution in [2.24, 2.45) is 0 Å². The van der Waals surface area contributed by atoms with E-state index in [1.54, 1.807) is 17.8 Å². The molecule has 0 fully saturated rings. The van der Waals surface area contributed by atoms with Gasteiger partial charge in [0.05, 0.1) is 16.3 Å². The Morgan fingerprint density at radius 1 is 1.18 bits per heavy atom. The lowest BCUT2D eigenvalue weighted by atomic mass is 10.2. The van der Waals surface area contributed by atoms with E-state index in [4.69, 9.17) is 0 Å². The predicted octanol–water partition coefficient (Wildman–Crippen LogP) is 4.39. The van der Waals surface area contributed by atoms with Crippen LogP contribution in [-0.2, 0) is 0 Å². The number of hydrogen-bond donors (Lipinski definition) is 1. The van der Waals surface area contributed by atoms with Crippen molar-refractivity contribution in [2.45, 2.75) is 9.79 Å².